The maximum absolute atomic E-state index is 12.2. The summed E-state index contributed by atoms with van der Waals surface area (Å²) >= 11 is 0. The Bertz CT molecular complexity index is 512. The minimum atomic E-state index is -0.812. The van der Waals surface area contributed by atoms with E-state index in [9.17, 15) is 9.59 Å². The molecule has 0 saturated carbocycles. The molecule has 2 rings (SSSR count). The second kappa shape index (κ2) is 6.61. The van der Waals surface area contributed by atoms with Crippen LogP contribution in [0.3, 0.4) is 0 Å². The molecule has 1 amide bonds. The van der Waals surface area contributed by atoms with E-state index in [4.69, 9.17) is 9.84 Å². The number of carbonyl (C=O) groups is 2. The van der Waals surface area contributed by atoms with Crippen molar-refractivity contribution in [3.05, 3.63) is 29.8 Å². The summed E-state index contributed by atoms with van der Waals surface area (Å²) in [5, 5.41) is 9.09. The summed E-state index contributed by atoms with van der Waals surface area (Å²) in [5.74, 6) is -0.424. The predicted molar refractivity (Wildman–Crippen MR) is 78.2 cm³/mol. The highest BCUT2D eigenvalue weighted by Crippen LogP contribution is 2.25. The summed E-state index contributed by atoms with van der Waals surface area (Å²) in [5.41, 5.74) is 1.07. The first-order valence-corrected chi connectivity index (χ1v) is 7.18. The van der Waals surface area contributed by atoms with Crippen LogP contribution in [0.5, 0.6) is 5.75 Å². The Morgan fingerprint density at radius 2 is 2.00 bits per heavy atom. The van der Waals surface area contributed by atoms with Gasteiger partial charge >= 0.3 is 5.97 Å². The van der Waals surface area contributed by atoms with Crippen molar-refractivity contribution in [1.29, 1.82) is 0 Å². The zero-order valence-electron chi connectivity index (χ0n) is 12.4. The topological polar surface area (TPSA) is 66.8 Å². The number of carbonyl (C=O) groups excluding carboxylic acids is 1. The molecule has 1 saturated heterocycles. The molecule has 1 aromatic carbocycles. The van der Waals surface area contributed by atoms with Crippen LogP contribution >= 0.6 is 0 Å². The second-order valence-electron chi connectivity index (χ2n) is 5.41. The van der Waals surface area contributed by atoms with Crippen LogP contribution in [0.25, 0.3) is 0 Å². The van der Waals surface area contributed by atoms with Gasteiger partial charge in [0, 0.05) is 19.0 Å². The highest BCUT2D eigenvalue weighted by Gasteiger charge is 2.37. The van der Waals surface area contributed by atoms with Crippen molar-refractivity contribution in [1.82, 2.24) is 4.90 Å². The van der Waals surface area contributed by atoms with Crippen LogP contribution in [0.4, 0.5) is 0 Å². The van der Waals surface area contributed by atoms with E-state index < -0.39 is 11.9 Å². The average Bonchev–Trinajstić information content (AvgIpc) is 2.87. The molecule has 0 bridgehead atoms. The lowest BCUT2D eigenvalue weighted by atomic mass is 10.0. The first kappa shape index (κ1) is 15.4. The molecule has 114 valence electrons. The number of ether oxygens (including phenoxy) is 1. The van der Waals surface area contributed by atoms with Crippen LogP contribution in [-0.4, -0.2) is 41.6 Å². The molecule has 21 heavy (non-hydrogen) atoms. The summed E-state index contributed by atoms with van der Waals surface area (Å²) in [7, 11) is 1.62. The predicted octanol–water partition coefficient (Wildman–Crippen LogP) is 1.95. The van der Waals surface area contributed by atoms with E-state index in [0.29, 0.717) is 25.8 Å². The normalized spacial score (nSPS) is 21.3. The van der Waals surface area contributed by atoms with Crippen molar-refractivity contribution in [2.24, 2.45) is 5.92 Å². The fourth-order valence-electron chi connectivity index (χ4n) is 2.81. The SMILES string of the molecule is COc1ccc(CCC(=O)N2CCC(C(=O)O)C2C)cc1. The molecule has 5 nitrogen and oxygen atoms in total. The first-order chi connectivity index (χ1) is 10.0. The first-order valence-electron chi connectivity index (χ1n) is 7.18. The van der Waals surface area contributed by atoms with Crippen molar-refractivity contribution in [2.75, 3.05) is 13.7 Å². The van der Waals surface area contributed by atoms with Crippen LogP contribution < -0.4 is 4.74 Å². The van der Waals surface area contributed by atoms with Gasteiger partial charge in [-0.2, -0.15) is 0 Å². The van der Waals surface area contributed by atoms with Gasteiger partial charge in [-0.1, -0.05) is 12.1 Å². The molecular weight excluding hydrogens is 270 g/mol. The molecule has 5 heteroatoms. The van der Waals surface area contributed by atoms with Gasteiger partial charge in [-0.3, -0.25) is 9.59 Å². The third kappa shape index (κ3) is 3.54. The van der Waals surface area contributed by atoms with E-state index in [1.807, 2.05) is 31.2 Å². The van der Waals surface area contributed by atoms with Crippen molar-refractivity contribution in [3.8, 4) is 5.75 Å². The molecule has 2 atom stereocenters. The monoisotopic (exact) mass is 291 g/mol. The number of likely N-dealkylation sites (tertiary alicyclic amines) is 1. The molecule has 2 unspecified atom stereocenters. The number of rotatable bonds is 5. The van der Waals surface area contributed by atoms with Crippen molar-refractivity contribution < 1.29 is 19.4 Å². The summed E-state index contributed by atoms with van der Waals surface area (Å²) < 4.78 is 5.09. The number of aliphatic carboxylic acids is 1. The van der Waals surface area contributed by atoms with Gasteiger partial charge in [0.1, 0.15) is 5.75 Å². The Morgan fingerprint density at radius 3 is 2.52 bits per heavy atom. The Hall–Kier alpha value is -2.04. The summed E-state index contributed by atoms with van der Waals surface area (Å²) in [6.07, 6.45) is 1.61. The largest absolute Gasteiger partial charge is 0.497 e. The van der Waals surface area contributed by atoms with Gasteiger partial charge in [0.2, 0.25) is 5.91 Å². The minimum absolute atomic E-state index is 0.0297. The molecule has 1 aromatic rings. The number of carboxylic acids is 1. The standard InChI is InChI=1S/C16H21NO4/c1-11-14(16(19)20)9-10-17(11)15(18)8-5-12-3-6-13(21-2)7-4-12/h3-4,6-7,11,14H,5,8-10H2,1-2H3,(H,19,20). The van der Waals surface area contributed by atoms with E-state index >= 15 is 0 Å². The molecule has 1 heterocycles. The number of benzene rings is 1. The Kier molecular flexibility index (Phi) is 4.83. The third-order valence-corrected chi connectivity index (χ3v) is 4.18. The van der Waals surface area contributed by atoms with Gasteiger partial charge in [0.05, 0.1) is 13.0 Å². The Labute approximate surface area is 124 Å². The van der Waals surface area contributed by atoms with Gasteiger partial charge in [-0.25, -0.2) is 0 Å². The minimum Gasteiger partial charge on any atom is -0.497 e. The van der Waals surface area contributed by atoms with E-state index in [1.54, 1.807) is 12.0 Å². The van der Waals surface area contributed by atoms with E-state index in [0.717, 1.165) is 11.3 Å². The fourth-order valence-corrected chi connectivity index (χ4v) is 2.81. The van der Waals surface area contributed by atoms with Gasteiger partial charge in [0.15, 0.2) is 0 Å². The zero-order chi connectivity index (χ0) is 15.4. The van der Waals surface area contributed by atoms with Crippen LogP contribution in [-0.2, 0) is 16.0 Å². The van der Waals surface area contributed by atoms with Crippen LogP contribution in [0.1, 0.15) is 25.3 Å². The number of aryl methyl sites for hydroxylation is 1. The van der Waals surface area contributed by atoms with E-state index in [-0.39, 0.29) is 11.9 Å². The Balaban J connectivity index is 1.88. The van der Waals surface area contributed by atoms with Crippen molar-refractivity contribution in [2.45, 2.75) is 32.2 Å². The smallest absolute Gasteiger partial charge is 0.308 e. The van der Waals surface area contributed by atoms with Crippen molar-refractivity contribution >= 4 is 11.9 Å². The van der Waals surface area contributed by atoms with Gasteiger partial charge in [0.25, 0.3) is 0 Å². The van der Waals surface area contributed by atoms with Gasteiger partial charge < -0.3 is 14.7 Å². The zero-order valence-corrected chi connectivity index (χ0v) is 12.4. The maximum atomic E-state index is 12.2. The molecule has 1 N–H and O–H groups in total. The van der Waals surface area contributed by atoms with Gasteiger partial charge in [-0.05, 0) is 37.5 Å². The molecule has 0 aromatic heterocycles. The summed E-state index contributed by atoms with van der Waals surface area (Å²) in [6, 6.07) is 7.42. The summed E-state index contributed by atoms with van der Waals surface area (Å²) in [4.78, 5) is 25.0. The quantitative estimate of drug-likeness (QED) is 0.900. The lowest BCUT2D eigenvalue weighted by molar-refractivity contribution is -0.143. The highest BCUT2D eigenvalue weighted by atomic mass is 16.5. The number of carboxylic acid groups (broad SMARTS) is 1. The summed E-state index contributed by atoms with van der Waals surface area (Å²) in [6.45, 7) is 2.36. The Morgan fingerprint density at radius 1 is 1.33 bits per heavy atom. The molecule has 1 fully saturated rings. The molecule has 0 spiro atoms. The molecule has 1 aliphatic rings. The van der Waals surface area contributed by atoms with E-state index in [1.165, 1.54) is 0 Å². The van der Waals surface area contributed by atoms with Crippen LogP contribution in [0.2, 0.25) is 0 Å². The molecule has 0 radical (unpaired) electrons. The van der Waals surface area contributed by atoms with E-state index in [2.05, 4.69) is 0 Å². The van der Waals surface area contributed by atoms with Crippen LogP contribution in [0.15, 0.2) is 24.3 Å². The van der Waals surface area contributed by atoms with Crippen LogP contribution in [0, 0.1) is 5.92 Å². The highest BCUT2D eigenvalue weighted by molar-refractivity contribution is 5.79. The average molecular weight is 291 g/mol. The molecule has 1 aliphatic heterocycles. The molecule has 0 aliphatic carbocycles. The lowest BCUT2D eigenvalue weighted by Gasteiger charge is -2.23. The third-order valence-electron chi connectivity index (χ3n) is 4.18. The number of nitrogens with zero attached hydrogens (tertiary/aromatic N) is 1. The van der Waals surface area contributed by atoms with Gasteiger partial charge in [-0.15, -0.1) is 0 Å². The number of hydrogen-bond donors (Lipinski definition) is 1. The molecular formula is C16H21NO4. The fraction of sp³-hybridized carbons (Fsp3) is 0.500. The number of methoxy groups -OCH3 is 1. The number of amides is 1. The number of hydrogen-bond acceptors (Lipinski definition) is 3. The second-order valence-corrected chi connectivity index (χ2v) is 5.41. The lowest BCUT2D eigenvalue weighted by Crippen LogP contribution is -2.37. The maximum Gasteiger partial charge on any atom is 0.308 e. The van der Waals surface area contributed by atoms with Crippen molar-refractivity contribution in [3.63, 3.8) is 0 Å².